The third-order valence-corrected chi connectivity index (χ3v) is 7.18. The fourth-order valence-corrected chi connectivity index (χ4v) is 4.71. The summed E-state index contributed by atoms with van der Waals surface area (Å²) in [6.45, 7) is 6.43. The van der Waals surface area contributed by atoms with E-state index >= 15 is 0 Å². The van der Waals surface area contributed by atoms with Gasteiger partial charge in [-0.1, -0.05) is 82.0 Å². The second-order valence-corrected chi connectivity index (χ2v) is 9.89. The smallest absolute Gasteiger partial charge is 0.254 e. The van der Waals surface area contributed by atoms with Crippen LogP contribution in [-0.4, -0.2) is 58.8 Å². The molecule has 0 radical (unpaired) electrons. The molecule has 2 aromatic carbocycles. The van der Waals surface area contributed by atoms with Gasteiger partial charge in [0.05, 0.1) is 6.61 Å². The zero-order valence-corrected chi connectivity index (χ0v) is 22.2. The van der Waals surface area contributed by atoms with Crippen LogP contribution in [0.4, 0.5) is 0 Å². The van der Waals surface area contributed by atoms with Crippen molar-refractivity contribution >= 4 is 11.8 Å². The molecule has 0 spiro atoms. The highest BCUT2D eigenvalue weighted by Crippen LogP contribution is 2.30. The molecule has 3 rings (SSSR count). The number of nitrogens with one attached hydrogen (secondary N) is 1. The number of aliphatic hydroxyl groups is 2. The van der Waals surface area contributed by atoms with Gasteiger partial charge >= 0.3 is 0 Å². The molecule has 0 aliphatic carbocycles. The molecule has 202 valence electrons. The van der Waals surface area contributed by atoms with E-state index in [-0.39, 0.29) is 6.54 Å². The Hall–Kier alpha value is -2.90. The third kappa shape index (κ3) is 8.30. The zero-order chi connectivity index (χ0) is 26.6. The molecule has 1 heterocycles. The first-order chi connectivity index (χ1) is 17.9. The predicted octanol–water partition coefficient (Wildman–Crippen LogP) is 4.30. The summed E-state index contributed by atoms with van der Waals surface area (Å²) >= 11 is 0. The van der Waals surface area contributed by atoms with E-state index in [0.717, 1.165) is 41.7 Å². The maximum atomic E-state index is 12.3. The van der Waals surface area contributed by atoms with E-state index in [0.29, 0.717) is 25.6 Å². The quantitative estimate of drug-likeness (QED) is 0.352. The third-order valence-electron chi connectivity index (χ3n) is 7.18. The number of rotatable bonds is 14. The van der Waals surface area contributed by atoms with Crippen LogP contribution in [0.5, 0.6) is 5.75 Å². The standard InChI is InChI=1S/C30H42N2O5/c1-3-5-10-22(4-2)17-20-37-26-12-7-6-11-25(26)24-15-13-23(14-16-24)21-31-29(35)27(33)28(34)30(36)32-18-8-9-19-32/h6-7,11-16,22,27-28,33-34H,3-5,8-10,17-21H2,1-2H3,(H,31,35). The highest BCUT2D eigenvalue weighted by atomic mass is 16.5. The first-order valence-electron chi connectivity index (χ1n) is 13.7. The fourth-order valence-electron chi connectivity index (χ4n) is 4.71. The second-order valence-electron chi connectivity index (χ2n) is 9.89. The van der Waals surface area contributed by atoms with Crippen molar-refractivity contribution in [3.8, 4) is 16.9 Å². The van der Waals surface area contributed by atoms with Gasteiger partial charge in [-0.05, 0) is 42.4 Å². The lowest BCUT2D eigenvalue weighted by molar-refractivity contribution is -0.152. The first-order valence-corrected chi connectivity index (χ1v) is 13.7. The van der Waals surface area contributed by atoms with Gasteiger partial charge in [0, 0.05) is 25.2 Å². The summed E-state index contributed by atoms with van der Waals surface area (Å²) in [5.74, 6) is 0.178. The van der Waals surface area contributed by atoms with E-state index in [1.54, 1.807) is 0 Å². The van der Waals surface area contributed by atoms with E-state index in [4.69, 9.17) is 4.74 Å². The van der Waals surface area contributed by atoms with E-state index < -0.39 is 24.0 Å². The minimum absolute atomic E-state index is 0.176. The van der Waals surface area contributed by atoms with Crippen molar-refractivity contribution in [2.75, 3.05) is 19.7 Å². The van der Waals surface area contributed by atoms with Crippen molar-refractivity contribution in [3.05, 3.63) is 54.1 Å². The van der Waals surface area contributed by atoms with E-state index in [2.05, 4.69) is 19.2 Å². The van der Waals surface area contributed by atoms with Crippen molar-refractivity contribution < 1.29 is 24.5 Å². The molecule has 1 fully saturated rings. The number of amides is 2. The molecule has 37 heavy (non-hydrogen) atoms. The van der Waals surface area contributed by atoms with Crippen LogP contribution >= 0.6 is 0 Å². The highest BCUT2D eigenvalue weighted by Gasteiger charge is 2.34. The summed E-state index contributed by atoms with van der Waals surface area (Å²) in [6, 6.07) is 15.8. The van der Waals surface area contributed by atoms with Crippen LogP contribution in [0.15, 0.2) is 48.5 Å². The Morgan fingerprint density at radius 3 is 2.35 bits per heavy atom. The Morgan fingerprint density at radius 1 is 0.973 bits per heavy atom. The molecule has 2 aromatic rings. The Bertz CT molecular complexity index is 988. The van der Waals surface area contributed by atoms with Gasteiger partial charge in [-0.15, -0.1) is 0 Å². The molecule has 1 saturated heterocycles. The minimum Gasteiger partial charge on any atom is -0.493 e. The van der Waals surface area contributed by atoms with E-state index in [1.807, 2.05) is 48.5 Å². The molecule has 2 amide bonds. The molecule has 7 nitrogen and oxygen atoms in total. The van der Waals surface area contributed by atoms with Gasteiger partial charge in [0.25, 0.3) is 11.8 Å². The molecule has 0 aromatic heterocycles. The van der Waals surface area contributed by atoms with Crippen molar-refractivity contribution in [2.24, 2.45) is 5.92 Å². The van der Waals surface area contributed by atoms with Gasteiger partial charge in [-0.3, -0.25) is 9.59 Å². The molecule has 3 unspecified atom stereocenters. The number of carbonyl (C=O) groups is 2. The van der Waals surface area contributed by atoms with Crippen molar-refractivity contribution in [3.63, 3.8) is 0 Å². The Balaban J connectivity index is 1.53. The van der Waals surface area contributed by atoms with Crippen LogP contribution in [0, 0.1) is 5.92 Å². The Morgan fingerprint density at radius 2 is 1.68 bits per heavy atom. The summed E-state index contributed by atoms with van der Waals surface area (Å²) in [7, 11) is 0. The maximum Gasteiger partial charge on any atom is 0.254 e. The van der Waals surface area contributed by atoms with Crippen LogP contribution in [0.2, 0.25) is 0 Å². The number of likely N-dealkylation sites (tertiary alicyclic amines) is 1. The average Bonchev–Trinajstić information content (AvgIpc) is 3.48. The van der Waals surface area contributed by atoms with Gasteiger partial charge < -0.3 is 25.2 Å². The zero-order valence-electron chi connectivity index (χ0n) is 22.2. The summed E-state index contributed by atoms with van der Waals surface area (Å²) in [4.78, 5) is 26.1. The SMILES string of the molecule is CCCCC(CC)CCOc1ccccc1-c1ccc(CNC(=O)C(O)C(O)C(=O)N2CCCC2)cc1. The number of hydrogen-bond donors (Lipinski definition) is 3. The topological polar surface area (TPSA) is 99.1 Å². The lowest BCUT2D eigenvalue weighted by atomic mass is 9.96. The largest absolute Gasteiger partial charge is 0.493 e. The molecular formula is C30H42N2O5. The molecule has 1 aliphatic rings. The predicted molar refractivity (Wildman–Crippen MR) is 145 cm³/mol. The molecule has 3 atom stereocenters. The van der Waals surface area contributed by atoms with E-state index in [9.17, 15) is 19.8 Å². The monoisotopic (exact) mass is 510 g/mol. The summed E-state index contributed by atoms with van der Waals surface area (Å²) in [6.07, 6.45) is 4.14. The fraction of sp³-hybridized carbons (Fsp3) is 0.533. The summed E-state index contributed by atoms with van der Waals surface area (Å²) in [5.41, 5.74) is 2.86. The van der Waals surface area contributed by atoms with Crippen LogP contribution < -0.4 is 10.1 Å². The number of unbranched alkanes of at least 4 members (excludes halogenated alkanes) is 1. The van der Waals surface area contributed by atoms with Crippen LogP contribution in [0.1, 0.15) is 64.4 Å². The van der Waals surface area contributed by atoms with Gasteiger partial charge in [-0.25, -0.2) is 0 Å². The molecule has 7 heteroatoms. The van der Waals surface area contributed by atoms with Gasteiger partial charge in [-0.2, -0.15) is 0 Å². The highest BCUT2D eigenvalue weighted by molar-refractivity contribution is 5.90. The molecule has 0 saturated carbocycles. The normalized spacial score (nSPS) is 15.7. The number of benzene rings is 2. The number of aliphatic hydroxyl groups excluding tert-OH is 2. The number of ether oxygens (including phenoxy) is 1. The summed E-state index contributed by atoms with van der Waals surface area (Å²) < 4.78 is 6.18. The molecule has 0 bridgehead atoms. The number of para-hydroxylation sites is 1. The van der Waals surface area contributed by atoms with Gasteiger partial charge in [0.15, 0.2) is 12.2 Å². The van der Waals surface area contributed by atoms with Gasteiger partial charge in [0.2, 0.25) is 0 Å². The average molecular weight is 511 g/mol. The van der Waals surface area contributed by atoms with Gasteiger partial charge in [0.1, 0.15) is 5.75 Å². The second kappa shape index (κ2) is 14.7. The maximum absolute atomic E-state index is 12.3. The summed E-state index contributed by atoms with van der Waals surface area (Å²) in [5, 5.41) is 22.9. The number of hydrogen-bond acceptors (Lipinski definition) is 5. The molecular weight excluding hydrogens is 468 g/mol. The van der Waals surface area contributed by atoms with Crippen molar-refractivity contribution in [1.82, 2.24) is 10.2 Å². The minimum atomic E-state index is -1.80. The lowest BCUT2D eigenvalue weighted by Gasteiger charge is -2.22. The van der Waals surface area contributed by atoms with Crippen LogP contribution in [0.3, 0.4) is 0 Å². The van der Waals surface area contributed by atoms with Crippen molar-refractivity contribution in [2.45, 2.75) is 77.5 Å². The molecule has 1 aliphatic heterocycles. The first kappa shape index (κ1) is 28.7. The number of carbonyl (C=O) groups excluding carboxylic acids is 2. The lowest BCUT2D eigenvalue weighted by Crippen LogP contribution is -2.50. The van der Waals surface area contributed by atoms with Crippen molar-refractivity contribution in [1.29, 1.82) is 0 Å². The molecule has 3 N–H and O–H groups in total. The van der Waals surface area contributed by atoms with Crippen LogP contribution in [0.25, 0.3) is 11.1 Å². The number of nitrogens with zero attached hydrogens (tertiary/aromatic N) is 1. The Labute approximate surface area is 220 Å². The van der Waals surface area contributed by atoms with E-state index in [1.165, 1.54) is 30.6 Å². The Kier molecular flexibility index (Phi) is 11.4. The van der Waals surface area contributed by atoms with Crippen LogP contribution in [-0.2, 0) is 16.1 Å².